The number of hydrogen-bond donors (Lipinski definition) is 1. The minimum atomic E-state index is -3.95. The number of nitrogens with zero attached hydrogens (tertiary/aromatic N) is 1. The van der Waals surface area contributed by atoms with E-state index in [1.165, 1.54) is 0 Å². The first-order chi connectivity index (χ1) is 8.70. The number of morpholine rings is 1. The molecule has 0 aliphatic carbocycles. The van der Waals surface area contributed by atoms with Crippen molar-refractivity contribution in [2.75, 3.05) is 25.6 Å². The van der Waals surface area contributed by atoms with Crippen molar-refractivity contribution in [1.82, 2.24) is 9.03 Å². The molecule has 0 aromatic heterocycles. The molecule has 1 saturated heterocycles. The molecule has 0 bridgehead atoms. The zero-order valence-corrected chi connectivity index (χ0v) is 12.8. The quantitative estimate of drug-likeness (QED) is 0.772. The largest absolute Gasteiger partial charge is 0.449 e. The van der Waals surface area contributed by atoms with Gasteiger partial charge in [-0.05, 0) is 20.8 Å². The first-order valence-corrected chi connectivity index (χ1v) is 7.86. The van der Waals surface area contributed by atoms with Gasteiger partial charge in [0.2, 0.25) is 0 Å². The smallest absolute Gasteiger partial charge is 0.421 e. The van der Waals surface area contributed by atoms with Gasteiger partial charge >= 0.3 is 16.3 Å². The first kappa shape index (κ1) is 16.5. The van der Waals surface area contributed by atoms with Gasteiger partial charge in [0.15, 0.2) is 0 Å². The number of ether oxygens (including phenoxy) is 2. The molecule has 9 heteroatoms. The number of alkyl halides is 1. The highest BCUT2D eigenvalue weighted by molar-refractivity contribution is 7.87. The fourth-order valence-electron chi connectivity index (χ4n) is 1.84. The van der Waals surface area contributed by atoms with E-state index in [1.54, 1.807) is 20.8 Å². The molecule has 1 aliphatic rings. The Morgan fingerprint density at radius 3 is 2.74 bits per heavy atom. The molecule has 0 saturated carbocycles. The third kappa shape index (κ3) is 4.79. The van der Waals surface area contributed by atoms with Crippen LogP contribution in [0.15, 0.2) is 0 Å². The van der Waals surface area contributed by atoms with Crippen LogP contribution in [0.5, 0.6) is 0 Å². The summed E-state index contributed by atoms with van der Waals surface area (Å²) in [6.45, 7) is 5.45. The fraction of sp³-hybridized carbons (Fsp3) is 0.900. The van der Waals surface area contributed by atoms with E-state index in [1.807, 2.05) is 4.72 Å². The predicted octanol–water partition coefficient (Wildman–Crippen LogP) is 0.695. The summed E-state index contributed by atoms with van der Waals surface area (Å²) in [5, 5.41) is 0. The number of carbonyl (C=O) groups excluding carboxylic acids is 1. The van der Waals surface area contributed by atoms with Gasteiger partial charge in [0.25, 0.3) is 0 Å². The fourth-order valence-corrected chi connectivity index (χ4v) is 3.24. The summed E-state index contributed by atoms with van der Waals surface area (Å²) in [7, 11) is -3.95. The maximum atomic E-state index is 12.0. The maximum absolute atomic E-state index is 12.0. The second-order valence-corrected chi connectivity index (χ2v) is 6.75. The number of halogens is 1. The Morgan fingerprint density at radius 2 is 2.21 bits per heavy atom. The standard InChI is InChI=1S/C10H19ClN2O5S/c1-4-17-9(14)12-19(15,16)13-6-8(5-11)18-10(2,3)7-13/h8H,4-7H2,1-3H3,(H,12,14). The summed E-state index contributed by atoms with van der Waals surface area (Å²) in [6, 6.07) is 0. The van der Waals surface area contributed by atoms with Crippen LogP contribution < -0.4 is 4.72 Å². The molecule has 1 heterocycles. The van der Waals surface area contributed by atoms with Crippen LogP contribution in [0.4, 0.5) is 4.79 Å². The second-order valence-electron chi connectivity index (χ2n) is 4.77. The highest BCUT2D eigenvalue weighted by Crippen LogP contribution is 2.23. The van der Waals surface area contributed by atoms with Gasteiger partial charge in [0.05, 0.1) is 18.3 Å². The van der Waals surface area contributed by atoms with Crippen molar-refractivity contribution in [3.63, 3.8) is 0 Å². The first-order valence-electron chi connectivity index (χ1n) is 5.88. The number of amides is 1. The lowest BCUT2D eigenvalue weighted by molar-refractivity contribution is -0.108. The molecular formula is C10H19ClN2O5S. The summed E-state index contributed by atoms with van der Waals surface area (Å²) in [6.07, 6.45) is -1.40. The van der Waals surface area contributed by atoms with Crippen molar-refractivity contribution in [3.05, 3.63) is 0 Å². The van der Waals surface area contributed by atoms with Gasteiger partial charge in [0, 0.05) is 19.0 Å². The van der Waals surface area contributed by atoms with Gasteiger partial charge in [-0.15, -0.1) is 11.6 Å². The van der Waals surface area contributed by atoms with E-state index < -0.39 is 28.0 Å². The van der Waals surface area contributed by atoms with Gasteiger partial charge in [-0.2, -0.15) is 12.7 Å². The average molecular weight is 315 g/mol. The molecule has 112 valence electrons. The van der Waals surface area contributed by atoms with E-state index in [-0.39, 0.29) is 25.6 Å². The van der Waals surface area contributed by atoms with Gasteiger partial charge in [-0.3, -0.25) is 0 Å². The molecule has 0 aromatic carbocycles. The molecule has 1 unspecified atom stereocenters. The van der Waals surface area contributed by atoms with Gasteiger partial charge in [0.1, 0.15) is 0 Å². The van der Waals surface area contributed by atoms with Crippen molar-refractivity contribution in [1.29, 1.82) is 0 Å². The summed E-state index contributed by atoms with van der Waals surface area (Å²) < 4.78 is 37.2. The lowest BCUT2D eigenvalue weighted by Crippen LogP contribution is -2.58. The molecule has 0 radical (unpaired) electrons. The summed E-state index contributed by atoms with van der Waals surface area (Å²) >= 11 is 5.72. The van der Waals surface area contributed by atoms with E-state index in [0.29, 0.717) is 0 Å². The highest BCUT2D eigenvalue weighted by atomic mass is 35.5. The normalized spacial score (nSPS) is 23.9. The number of rotatable bonds is 4. The Kier molecular flexibility index (Phi) is 5.43. The molecule has 1 atom stereocenters. The Hall–Kier alpha value is -0.570. The van der Waals surface area contributed by atoms with E-state index in [2.05, 4.69) is 4.74 Å². The van der Waals surface area contributed by atoms with Crippen LogP contribution in [-0.4, -0.2) is 56.1 Å². The van der Waals surface area contributed by atoms with Crippen molar-refractivity contribution < 1.29 is 22.7 Å². The van der Waals surface area contributed by atoms with Crippen molar-refractivity contribution in [2.45, 2.75) is 32.5 Å². The SMILES string of the molecule is CCOC(=O)NS(=O)(=O)N1CC(CCl)OC(C)(C)C1. The van der Waals surface area contributed by atoms with Crippen LogP contribution in [0.3, 0.4) is 0 Å². The van der Waals surface area contributed by atoms with Crippen LogP contribution in [-0.2, 0) is 19.7 Å². The third-order valence-corrected chi connectivity index (χ3v) is 4.18. The van der Waals surface area contributed by atoms with Crippen molar-refractivity contribution >= 4 is 27.9 Å². The second kappa shape index (κ2) is 6.25. The predicted molar refractivity (Wildman–Crippen MR) is 70.3 cm³/mol. The minimum absolute atomic E-state index is 0.0975. The van der Waals surface area contributed by atoms with E-state index in [4.69, 9.17) is 16.3 Å². The lowest BCUT2D eigenvalue weighted by Gasteiger charge is -2.41. The minimum Gasteiger partial charge on any atom is -0.449 e. The van der Waals surface area contributed by atoms with E-state index in [9.17, 15) is 13.2 Å². The van der Waals surface area contributed by atoms with E-state index >= 15 is 0 Å². The summed E-state index contributed by atoms with van der Waals surface area (Å²) in [5.74, 6) is 0.175. The Bertz CT molecular complexity index is 426. The zero-order valence-electron chi connectivity index (χ0n) is 11.2. The van der Waals surface area contributed by atoms with Crippen LogP contribution in [0.2, 0.25) is 0 Å². The maximum Gasteiger partial charge on any atom is 0.421 e. The van der Waals surface area contributed by atoms with Crippen molar-refractivity contribution in [2.24, 2.45) is 0 Å². The van der Waals surface area contributed by atoms with Crippen LogP contribution in [0.1, 0.15) is 20.8 Å². The highest BCUT2D eigenvalue weighted by Gasteiger charge is 2.39. The lowest BCUT2D eigenvalue weighted by atomic mass is 10.1. The molecule has 1 amide bonds. The van der Waals surface area contributed by atoms with E-state index in [0.717, 1.165) is 4.31 Å². The van der Waals surface area contributed by atoms with Crippen LogP contribution >= 0.6 is 11.6 Å². The average Bonchev–Trinajstić information content (AvgIpc) is 2.26. The van der Waals surface area contributed by atoms with Crippen LogP contribution in [0.25, 0.3) is 0 Å². The molecule has 1 N–H and O–H groups in total. The molecule has 1 rings (SSSR count). The molecule has 0 aromatic rings. The molecule has 1 fully saturated rings. The van der Waals surface area contributed by atoms with Gasteiger partial charge in [-0.1, -0.05) is 0 Å². The number of carbonyl (C=O) groups is 1. The third-order valence-electron chi connectivity index (χ3n) is 2.45. The topological polar surface area (TPSA) is 84.9 Å². The zero-order chi connectivity index (χ0) is 14.7. The molecule has 0 spiro atoms. The van der Waals surface area contributed by atoms with Crippen LogP contribution in [0, 0.1) is 0 Å². The number of hydrogen-bond acceptors (Lipinski definition) is 5. The molecular weight excluding hydrogens is 296 g/mol. The Morgan fingerprint density at radius 1 is 1.58 bits per heavy atom. The number of nitrogens with one attached hydrogen (secondary N) is 1. The summed E-state index contributed by atoms with van der Waals surface area (Å²) in [5.41, 5.74) is -0.665. The Labute approximate surface area is 118 Å². The Balaban J connectivity index is 2.79. The monoisotopic (exact) mass is 314 g/mol. The van der Waals surface area contributed by atoms with Gasteiger partial charge in [-0.25, -0.2) is 9.52 Å². The van der Waals surface area contributed by atoms with Crippen molar-refractivity contribution in [3.8, 4) is 0 Å². The molecule has 19 heavy (non-hydrogen) atoms. The van der Waals surface area contributed by atoms with Gasteiger partial charge < -0.3 is 9.47 Å². The molecule has 7 nitrogen and oxygen atoms in total. The molecule has 1 aliphatic heterocycles. The summed E-state index contributed by atoms with van der Waals surface area (Å²) in [4.78, 5) is 11.2.